The predicted molar refractivity (Wildman–Crippen MR) is 81.6 cm³/mol. The minimum Gasteiger partial charge on any atom is -0.450 e. The van der Waals surface area contributed by atoms with E-state index >= 15 is 0 Å². The van der Waals surface area contributed by atoms with Gasteiger partial charge in [-0.25, -0.2) is 4.79 Å². The number of amides is 1. The fourth-order valence-electron chi connectivity index (χ4n) is 2.32. The molecular formula is C17H19NO4. The quantitative estimate of drug-likeness (QED) is 0.683. The second kappa shape index (κ2) is 7.54. The van der Waals surface area contributed by atoms with Crippen molar-refractivity contribution in [1.29, 1.82) is 0 Å². The maximum Gasteiger partial charge on any atom is 0.355 e. The average Bonchev–Trinajstić information content (AvgIpc) is 2.49. The van der Waals surface area contributed by atoms with Gasteiger partial charge in [-0.15, -0.1) is 0 Å². The van der Waals surface area contributed by atoms with Gasteiger partial charge in [-0.1, -0.05) is 30.3 Å². The van der Waals surface area contributed by atoms with E-state index in [0.717, 1.165) is 18.4 Å². The zero-order valence-electron chi connectivity index (χ0n) is 12.5. The molecule has 22 heavy (non-hydrogen) atoms. The molecule has 0 radical (unpaired) electrons. The van der Waals surface area contributed by atoms with Gasteiger partial charge in [0.15, 0.2) is 11.9 Å². The number of hydrogen-bond donors (Lipinski definition) is 1. The first kappa shape index (κ1) is 15.9. The molecule has 1 aromatic rings. The molecule has 1 atom stereocenters. The van der Waals surface area contributed by atoms with Gasteiger partial charge in [-0.05, 0) is 30.9 Å². The fraction of sp³-hybridized carbons (Fsp3) is 0.353. The van der Waals surface area contributed by atoms with Crippen LogP contribution in [0.15, 0.2) is 36.0 Å². The highest BCUT2D eigenvalue weighted by Gasteiger charge is 2.27. The number of benzene rings is 1. The van der Waals surface area contributed by atoms with Gasteiger partial charge in [0.2, 0.25) is 5.91 Å². The van der Waals surface area contributed by atoms with Gasteiger partial charge in [0.25, 0.3) is 0 Å². The van der Waals surface area contributed by atoms with Crippen molar-refractivity contribution < 1.29 is 19.1 Å². The Morgan fingerprint density at radius 2 is 1.95 bits per heavy atom. The molecule has 0 bridgehead atoms. The standard InChI is InChI=1S/C17H19NO4/c1-12(19)18-14(11-13-7-3-2-4-8-13)17(21)22-16-10-6-5-9-15(16)20/h2-4,7-8,11,16H,5-6,9-10H2,1H3,(H,18,19)/b14-11-/t16-/m1/s1. The van der Waals surface area contributed by atoms with Crippen LogP contribution >= 0.6 is 0 Å². The highest BCUT2D eigenvalue weighted by atomic mass is 16.5. The summed E-state index contributed by atoms with van der Waals surface area (Å²) in [5.41, 5.74) is 0.801. The van der Waals surface area contributed by atoms with Crippen LogP contribution in [0.1, 0.15) is 38.2 Å². The first-order valence-electron chi connectivity index (χ1n) is 7.34. The van der Waals surface area contributed by atoms with Crippen LogP contribution in [-0.2, 0) is 19.1 Å². The minimum atomic E-state index is -0.700. The van der Waals surface area contributed by atoms with Crippen LogP contribution < -0.4 is 5.32 Å². The second-order valence-corrected chi connectivity index (χ2v) is 5.26. The number of carbonyl (C=O) groups excluding carboxylic acids is 3. The number of Topliss-reactive ketones (excluding diaryl/α,β-unsaturated/α-hetero) is 1. The Kier molecular flexibility index (Phi) is 5.47. The van der Waals surface area contributed by atoms with Crippen LogP contribution in [0.2, 0.25) is 0 Å². The van der Waals surface area contributed by atoms with Crippen LogP contribution in [-0.4, -0.2) is 23.8 Å². The summed E-state index contributed by atoms with van der Waals surface area (Å²) in [6.07, 6.45) is 3.53. The summed E-state index contributed by atoms with van der Waals surface area (Å²) >= 11 is 0. The minimum absolute atomic E-state index is 0.0390. The molecule has 1 amide bonds. The van der Waals surface area contributed by atoms with E-state index in [1.807, 2.05) is 18.2 Å². The monoisotopic (exact) mass is 301 g/mol. The number of ether oxygens (including phenoxy) is 1. The largest absolute Gasteiger partial charge is 0.450 e. The topological polar surface area (TPSA) is 72.5 Å². The second-order valence-electron chi connectivity index (χ2n) is 5.26. The molecule has 0 unspecified atom stereocenters. The van der Waals surface area contributed by atoms with E-state index in [1.54, 1.807) is 12.1 Å². The fourth-order valence-corrected chi connectivity index (χ4v) is 2.32. The number of hydrogen-bond acceptors (Lipinski definition) is 4. The molecule has 0 heterocycles. The summed E-state index contributed by atoms with van der Waals surface area (Å²) in [6, 6.07) is 9.12. The molecule has 1 fully saturated rings. The van der Waals surface area contributed by atoms with Crippen molar-refractivity contribution in [3.63, 3.8) is 0 Å². The maximum atomic E-state index is 12.2. The van der Waals surface area contributed by atoms with Gasteiger partial charge in [-0.2, -0.15) is 0 Å². The van der Waals surface area contributed by atoms with E-state index in [-0.39, 0.29) is 17.4 Å². The van der Waals surface area contributed by atoms with E-state index in [0.29, 0.717) is 12.8 Å². The predicted octanol–water partition coefficient (Wildman–Crippen LogP) is 2.22. The molecule has 2 rings (SSSR count). The number of nitrogens with one attached hydrogen (secondary N) is 1. The lowest BCUT2D eigenvalue weighted by molar-refractivity contribution is -0.153. The van der Waals surface area contributed by atoms with Gasteiger partial charge in [0.05, 0.1) is 0 Å². The van der Waals surface area contributed by atoms with Gasteiger partial charge < -0.3 is 10.1 Å². The molecule has 1 saturated carbocycles. The molecule has 5 heteroatoms. The summed E-state index contributed by atoms with van der Waals surface area (Å²) in [5.74, 6) is -1.10. The zero-order valence-corrected chi connectivity index (χ0v) is 12.5. The van der Waals surface area contributed by atoms with E-state index in [1.165, 1.54) is 13.0 Å². The maximum absolute atomic E-state index is 12.2. The zero-order chi connectivity index (χ0) is 15.9. The van der Waals surface area contributed by atoms with Crippen molar-refractivity contribution in [2.24, 2.45) is 0 Å². The van der Waals surface area contributed by atoms with E-state index in [2.05, 4.69) is 5.32 Å². The summed E-state index contributed by atoms with van der Waals surface area (Å²) in [5, 5.41) is 2.47. The Labute approximate surface area is 129 Å². The van der Waals surface area contributed by atoms with Gasteiger partial charge >= 0.3 is 5.97 Å². The molecule has 116 valence electrons. The van der Waals surface area contributed by atoms with Crippen LogP contribution in [0.4, 0.5) is 0 Å². The third-order valence-electron chi connectivity index (χ3n) is 3.39. The molecule has 1 aromatic carbocycles. The lowest BCUT2D eigenvalue weighted by Crippen LogP contribution is -2.34. The lowest BCUT2D eigenvalue weighted by atomic mass is 9.96. The first-order chi connectivity index (χ1) is 10.6. The van der Waals surface area contributed by atoms with Gasteiger partial charge in [0, 0.05) is 13.3 Å². The molecule has 0 aliphatic heterocycles. The van der Waals surface area contributed by atoms with Crippen molar-refractivity contribution >= 4 is 23.7 Å². The Balaban J connectivity index is 2.14. The third kappa shape index (κ3) is 4.55. The van der Waals surface area contributed by atoms with E-state index in [9.17, 15) is 14.4 Å². The van der Waals surface area contributed by atoms with Crippen molar-refractivity contribution in [1.82, 2.24) is 5.32 Å². The Hall–Kier alpha value is -2.43. The molecular weight excluding hydrogens is 282 g/mol. The normalized spacial score (nSPS) is 18.7. The molecule has 0 aromatic heterocycles. The van der Waals surface area contributed by atoms with E-state index < -0.39 is 12.1 Å². The number of rotatable bonds is 4. The smallest absolute Gasteiger partial charge is 0.355 e. The Morgan fingerprint density at radius 1 is 1.23 bits per heavy atom. The SMILES string of the molecule is CC(=O)N/C(=C\c1ccccc1)C(=O)O[C@@H]1CCCCC1=O. The summed E-state index contributed by atoms with van der Waals surface area (Å²) in [7, 11) is 0. The molecule has 0 spiro atoms. The highest BCUT2D eigenvalue weighted by molar-refractivity contribution is 5.99. The lowest BCUT2D eigenvalue weighted by Gasteiger charge is -2.21. The van der Waals surface area contributed by atoms with E-state index in [4.69, 9.17) is 4.74 Å². The van der Waals surface area contributed by atoms with Gasteiger partial charge in [0.1, 0.15) is 5.70 Å². The Morgan fingerprint density at radius 3 is 2.59 bits per heavy atom. The molecule has 5 nitrogen and oxygen atoms in total. The van der Waals surface area contributed by atoms with Crippen molar-refractivity contribution in [2.45, 2.75) is 38.7 Å². The van der Waals surface area contributed by atoms with Crippen molar-refractivity contribution in [3.05, 3.63) is 41.6 Å². The molecule has 1 aliphatic carbocycles. The van der Waals surface area contributed by atoms with Crippen molar-refractivity contribution in [2.75, 3.05) is 0 Å². The summed E-state index contributed by atoms with van der Waals surface area (Å²) < 4.78 is 5.27. The van der Waals surface area contributed by atoms with Crippen molar-refractivity contribution in [3.8, 4) is 0 Å². The average molecular weight is 301 g/mol. The Bertz CT molecular complexity index is 592. The molecule has 1 aliphatic rings. The van der Waals surface area contributed by atoms with Gasteiger partial charge in [-0.3, -0.25) is 9.59 Å². The highest BCUT2D eigenvalue weighted by Crippen LogP contribution is 2.18. The van der Waals surface area contributed by atoms with Crippen LogP contribution in [0.25, 0.3) is 6.08 Å². The van der Waals surface area contributed by atoms with Crippen LogP contribution in [0.3, 0.4) is 0 Å². The first-order valence-corrected chi connectivity index (χ1v) is 7.34. The summed E-state index contributed by atoms with van der Waals surface area (Å²) in [6.45, 7) is 1.32. The summed E-state index contributed by atoms with van der Waals surface area (Å²) in [4.78, 5) is 35.3. The third-order valence-corrected chi connectivity index (χ3v) is 3.39. The van der Waals surface area contributed by atoms with Crippen LogP contribution in [0.5, 0.6) is 0 Å². The molecule has 1 N–H and O–H groups in total. The number of carbonyl (C=O) groups is 3. The molecule has 0 saturated heterocycles. The number of esters is 1. The number of ketones is 1. The van der Waals surface area contributed by atoms with Crippen LogP contribution in [0, 0.1) is 0 Å².